The van der Waals surface area contributed by atoms with Crippen LogP contribution in [0, 0.1) is 6.92 Å². The van der Waals surface area contributed by atoms with E-state index in [4.69, 9.17) is 0 Å². The molecule has 0 fully saturated rings. The predicted octanol–water partition coefficient (Wildman–Crippen LogP) is 2.15. The third-order valence-electron chi connectivity index (χ3n) is 1.44. The lowest BCUT2D eigenvalue weighted by molar-refractivity contribution is 0.590. The van der Waals surface area contributed by atoms with Crippen LogP contribution in [0.25, 0.3) is 0 Å². The van der Waals surface area contributed by atoms with Gasteiger partial charge in [-0.3, -0.25) is 0 Å². The van der Waals surface area contributed by atoms with Gasteiger partial charge in [-0.1, -0.05) is 30.9 Å². The lowest BCUT2D eigenvalue weighted by Crippen LogP contribution is -2.08. The topological polar surface area (TPSA) is 23.1 Å². The standard InChI is InChI=1S/C8H17OS/c1-3-5-6-7-8-10(9)4-2/h1,3-8H2,2H3. The van der Waals surface area contributed by atoms with Crippen LogP contribution in [0.15, 0.2) is 0 Å². The third kappa shape index (κ3) is 6.43. The molecule has 2 heteroatoms. The first-order valence-corrected chi connectivity index (χ1v) is 5.44. The molecular weight excluding hydrogens is 144 g/mol. The van der Waals surface area contributed by atoms with Crippen LogP contribution in [0.1, 0.15) is 32.6 Å². The fourth-order valence-corrected chi connectivity index (χ4v) is 1.58. The molecule has 0 heterocycles. The fraction of sp³-hybridized carbons (Fsp3) is 0.875. The van der Waals surface area contributed by atoms with Crippen LogP contribution < -0.4 is 0 Å². The van der Waals surface area contributed by atoms with E-state index in [1.807, 2.05) is 6.92 Å². The van der Waals surface area contributed by atoms with Gasteiger partial charge in [-0.2, -0.15) is 0 Å². The van der Waals surface area contributed by atoms with Crippen LogP contribution in [0.2, 0.25) is 0 Å². The molecule has 0 spiro atoms. The number of rotatable bonds is 6. The van der Waals surface area contributed by atoms with Crippen LogP contribution in [-0.4, -0.2) is 16.1 Å². The van der Waals surface area contributed by atoms with Crippen LogP contribution in [0.4, 0.5) is 0 Å². The van der Waals surface area contributed by atoms with Crippen molar-refractivity contribution in [2.24, 2.45) is 0 Å². The zero-order chi connectivity index (χ0) is 7.82. The SMILES string of the molecule is [CH2]CCCCC[S+]([O-])CC. The average Bonchev–Trinajstić information content (AvgIpc) is 1.98. The highest BCUT2D eigenvalue weighted by molar-refractivity contribution is 7.91. The molecular formula is C8H17OS. The predicted molar refractivity (Wildman–Crippen MR) is 47.4 cm³/mol. The molecule has 0 saturated carbocycles. The summed E-state index contributed by atoms with van der Waals surface area (Å²) in [6.07, 6.45) is 4.49. The van der Waals surface area contributed by atoms with Gasteiger partial charge in [-0.05, 0) is 19.8 Å². The summed E-state index contributed by atoms with van der Waals surface area (Å²) in [6, 6.07) is 0. The molecule has 0 aromatic rings. The summed E-state index contributed by atoms with van der Waals surface area (Å²) in [5, 5.41) is 0. The molecule has 0 rings (SSSR count). The minimum absolute atomic E-state index is 0.551. The Morgan fingerprint density at radius 3 is 2.50 bits per heavy atom. The highest BCUT2D eigenvalue weighted by atomic mass is 32.2. The van der Waals surface area contributed by atoms with E-state index in [2.05, 4.69) is 6.92 Å². The molecule has 0 aromatic carbocycles. The maximum atomic E-state index is 10.9. The second-order valence-corrected chi connectivity index (χ2v) is 4.21. The van der Waals surface area contributed by atoms with Crippen molar-refractivity contribution in [2.75, 3.05) is 11.5 Å². The molecule has 0 amide bonds. The molecule has 0 saturated heterocycles. The Hall–Kier alpha value is 0.310. The first kappa shape index (κ1) is 10.3. The average molecular weight is 161 g/mol. The van der Waals surface area contributed by atoms with E-state index in [0.717, 1.165) is 24.3 Å². The first-order valence-electron chi connectivity index (χ1n) is 3.95. The van der Waals surface area contributed by atoms with Gasteiger partial charge >= 0.3 is 0 Å². The largest absolute Gasteiger partial charge is 0.616 e. The molecule has 10 heavy (non-hydrogen) atoms. The molecule has 1 atom stereocenters. The summed E-state index contributed by atoms with van der Waals surface area (Å²) in [7, 11) is 0. The van der Waals surface area contributed by atoms with Gasteiger partial charge in [-0.25, -0.2) is 0 Å². The molecule has 0 aliphatic carbocycles. The Morgan fingerprint density at radius 2 is 2.00 bits per heavy atom. The van der Waals surface area contributed by atoms with Gasteiger partial charge in [0.25, 0.3) is 0 Å². The Kier molecular flexibility index (Phi) is 7.65. The summed E-state index contributed by atoms with van der Waals surface area (Å²) >= 11 is -0.551. The molecule has 61 valence electrons. The summed E-state index contributed by atoms with van der Waals surface area (Å²) in [4.78, 5) is 0. The van der Waals surface area contributed by atoms with E-state index in [0.29, 0.717) is 0 Å². The van der Waals surface area contributed by atoms with Crippen molar-refractivity contribution in [3.63, 3.8) is 0 Å². The van der Waals surface area contributed by atoms with Crippen LogP contribution >= 0.6 is 0 Å². The van der Waals surface area contributed by atoms with Crippen LogP contribution in [0.3, 0.4) is 0 Å². The van der Waals surface area contributed by atoms with Gasteiger partial charge in [0.15, 0.2) is 0 Å². The Balaban J connectivity index is 2.89. The molecule has 1 unspecified atom stereocenters. The quantitative estimate of drug-likeness (QED) is 0.432. The molecule has 0 aliphatic rings. The van der Waals surface area contributed by atoms with Crippen molar-refractivity contribution in [1.29, 1.82) is 0 Å². The van der Waals surface area contributed by atoms with Crippen molar-refractivity contribution in [3.05, 3.63) is 6.92 Å². The highest BCUT2D eigenvalue weighted by Crippen LogP contribution is 2.01. The van der Waals surface area contributed by atoms with Crippen molar-refractivity contribution >= 4 is 11.2 Å². The Morgan fingerprint density at radius 1 is 1.30 bits per heavy atom. The van der Waals surface area contributed by atoms with Gasteiger partial charge in [0, 0.05) is 0 Å². The summed E-state index contributed by atoms with van der Waals surface area (Å²) in [6.45, 7) is 5.72. The van der Waals surface area contributed by atoms with Crippen molar-refractivity contribution in [1.82, 2.24) is 0 Å². The van der Waals surface area contributed by atoms with E-state index in [1.54, 1.807) is 0 Å². The van der Waals surface area contributed by atoms with Gasteiger partial charge in [0.2, 0.25) is 0 Å². The molecule has 1 radical (unpaired) electrons. The number of hydrogen-bond donors (Lipinski definition) is 0. The number of hydrogen-bond acceptors (Lipinski definition) is 1. The summed E-state index contributed by atoms with van der Waals surface area (Å²) in [5.74, 6) is 1.70. The van der Waals surface area contributed by atoms with Gasteiger partial charge in [0.05, 0.1) is 0 Å². The van der Waals surface area contributed by atoms with Gasteiger partial charge in [-0.15, -0.1) is 0 Å². The molecule has 1 nitrogen and oxygen atoms in total. The van der Waals surface area contributed by atoms with Gasteiger partial charge in [0.1, 0.15) is 11.5 Å². The monoisotopic (exact) mass is 161 g/mol. The zero-order valence-electron chi connectivity index (χ0n) is 6.77. The summed E-state index contributed by atoms with van der Waals surface area (Å²) in [5.41, 5.74) is 0. The molecule has 0 aromatic heterocycles. The van der Waals surface area contributed by atoms with Crippen LogP contribution in [-0.2, 0) is 11.2 Å². The van der Waals surface area contributed by atoms with E-state index in [9.17, 15) is 4.55 Å². The normalized spacial score (nSPS) is 13.5. The highest BCUT2D eigenvalue weighted by Gasteiger charge is 1.99. The Labute approximate surface area is 67.4 Å². The van der Waals surface area contributed by atoms with Gasteiger partial charge < -0.3 is 4.55 Å². The fourth-order valence-electron chi connectivity index (χ4n) is 0.761. The maximum absolute atomic E-state index is 10.9. The minimum atomic E-state index is -0.551. The second-order valence-electron chi connectivity index (χ2n) is 2.35. The lowest BCUT2D eigenvalue weighted by Gasteiger charge is -2.06. The lowest BCUT2D eigenvalue weighted by atomic mass is 10.2. The minimum Gasteiger partial charge on any atom is -0.616 e. The Bertz CT molecular complexity index is 66.3. The maximum Gasteiger partial charge on any atom is 0.105 e. The van der Waals surface area contributed by atoms with Crippen molar-refractivity contribution < 1.29 is 4.55 Å². The third-order valence-corrected chi connectivity index (χ3v) is 2.83. The second kappa shape index (κ2) is 7.42. The summed E-state index contributed by atoms with van der Waals surface area (Å²) < 4.78 is 10.9. The van der Waals surface area contributed by atoms with E-state index >= 15 is 0 Å². The zero-order valence-corrected chi connectivity index (χ0v) is 7.58. The van der Waals surface area contributed by atoms with Crippen molar-refractivity contribution in [2.45, 2.75) is 32.6 Å². The molecule has 0 N–H and O–H groups in total. The van der Waals surface area contributed by atoms with E-state index < -0.39 is 11.2 Å². The van der Waals surface area contributed by atoms with Crippen LogP contribution in [0.5, 0.6) is 0 Å². The molecule has 0 bridgehead atoms. The molecule has 0 aliphatic heterocycles. The van der Waals surface area contributed by atoms with Crippen molar-refractivity contribution in [3.8, 4) is 0 Å². The van der Waals surface area contributed by atoms with E-state index in [-0.39, 0.29) is 0 Å². The number of unbranched alkanes of at least 4 members (excludes halogenated alkanes) is 3. The van der Waals surface area contributed by atoms with E-state index in [1.165, 1.54) is 12.8 Å². The first-order chi connectivity index (χ1) is 4.81. The smallest absolute Gasteiger partial charge is 0.105 e.